The molecule has 1 aromatic rings. The molecule has 0 aliphatic heterocycles. The van der Waals surface area contributed by atoms with Crippen LogP contribution in [0.25, 0.3) is 0 Å². The maximum Gasteiger partial charge on any atom is 0.223 e. The van der Waals surface area contributed by atoms with Crippen molar-refractivity contribution in [2.75, 3.05) is 26.0 Å². The largest absolute Gasteiger partial charge is 0.385 e. The van der Waals surface area contributed by atoms with Crippen LogP contribution in [-0.2, 0) is 4.79 Å². The van der Waals surface area contributed by atoms with Gasteiger partial charge in [0.2, 0.25) is 5.91 Å². The molecule has 0 bridgehead atoms. The number of halogens is 1. The van der Waals surface area contributed by atoms with E-state index in [1.807, 2.05) is 24.3 Å². The quantitative estimate of drug-likeness (QED) is 0.863. The topological polar surface area (TPSA) is 32.3 Å². The number of carbonyl (C=O) groups excluding carboxylic acids is 1. The van der Waals surface area contributed by atoms with Gasteiger partial charge in [0.25, 0.3) is 0 Å². The Morgan fingerprint density at radius 1 is 1.33 bits per heavy atom. The van der Waals surface area contributed by atoms with Crippen LogP contribution in [-0.4, -0.2) is 31.4 Å². The molecule has 4 heteroatoms. The molecular formula is C11H15IN2O. The summed E-state index contributed by atoms with van der Waals surface area (Å²) in [6, 6.07) is 8.11. The highest BCUT2D eigenvalue weighted by Gasteiger charge is 2.02. The Bertz CT molecular complexity index is 322. The lowest BCUT2D eigenvalue weighted by molar-refractivity contribution is -0.128. The summed E-state index contributed by atoms with van der Waals surface area (Å²) in [6.45, 7) is 0.678. The van der Waals surface area contributed by atoms with E-state index in [-0.39, 0.29) is 5.91 Å². The van der Waals surface area contributed by atoms with E-state index >= 15 is 0 Å². The number of benzene rings is 1. The third kappa shape index (κ3) is 4.51. The fraction of sp³-hybridized carbons (Fsp3) is 0.364. The zero-order valence-corrected chi connectivity index (χ0v) is 11.1. The number of anilines is 1. The summed E-state index contributed by atoms with van der Waals surface area (Å²) in [5, 5.41) is 3.21. The molecular weight excluding hydrogens is 303 g/mol. The normalized spacial score (nSPS) is 9.80. The van der Waals surface area contributed by atoms with Crippen molar-refractivity contribution < 1.29 is 4.79 Å². The van der Waals surface area contributed by atoms with Crippen molar-refractivity contribution in [3.8, 4) is 0 Å². The van der Waals surface area contributed by atoms with Gasteiger partial charge < -0.3 is 10.2 Å². The van der Waals surface area contributed by atoms with Gasteiger partial charge in [-0.15, -0.1) is 0 Å². The minimum absolute atomic E-state index is 0.146. The lowest BCUT2D eigenvalue weighted by Crippen LogP contribution is -2.23. The predicted molar refractivity (Wildman–Crippen MR) is 71.0 cm³/mol. The van der Waals surface area contributed by atoms with E-state index in [0.29, 0.717) is 13.0 Å². The van der Waals surface area contributed by atoms with Crippen molar-refractivity contribution in [1.29, 1.82) is 0 Å². The molecule has 15 heavy (non-hydrogen) atoms. The second kappa shape index (κ2) is 5.95. The number of rotatable bonds is 4. The third-order valence-electron chi connectivity index (χ3n) is 2.01. The fourth-order valence-corrected chi connectivity index (χ4v) is 1.46. The fourth-order valence-electron chi connectivity index (χ4n) is 1.11. The van der Waals surface area contributed by atoms with Gasteiger partial charge >= 0.3 is 0 Å². The van der Waals surface area contributed by atoms with Crippen molar-refractivity contribution >= 4 is 34.2 Å². The third-order valence-corrected chi connectivity index (χ3v) is 2.73. The number of hydrogen-bond acceptors (Lipinski definition) is 2. The molecule has 1 aromatic carbocycles. The second-order valence-corrected chi connectivity index (χ2v) is 4.72. The maximum absolute atomic E-state index is 11.3. The zero-order chi connectivity index (χ0) is 11.3. The molecule has 0 saturated heterocycles. The van der Waals surface area contributed by atoms with E-state index in [1.54, 1.807) is 19.0 Å². The van der Waals surface area contributed by atoms with Crippen LogP contribution in [0.3, 0.4) is 0 Å². The standard InChI is InChI=1S/C11H15IN2O/c1-14(2)11(15)7-8-13-10-5-3-9(12)4-6-10/h3-6,13H,7-8H2,1-2H3. The minimum atomic E-state index is 0.146. The second-order valence-electron chi connectivity index (χ2n) is 3.47. The summed E-state index contributed by atoms with van der Waals surface area (Å²) < 4.78 is 1.21. The average Bonchev–Trinajstić information content (AvgIpc) is 2.20. The molecule has 0 aliphatic carbocycles. The summed E-state index contributed by atoms with van der Waals surface area (Å²) >= 11 is 2.26. The number of nitrogens with zero attached hydrogens (tertiary/aromatic N) is 1. The highest BCUT2D eigenvalue weighted by atomic mass is 127. The van der Waals surface area contributed by atoms with Crippen molar-refractivity contribution in [1.82, 2.24) is 4.90 Å². The summed E-state index contributed by atoms with van der Waals surface area (Å²) in [5.74, 6) is 0.146. The van der Waals surface area contributed by atoms with Crippen molar-refractivity contribution in [3.63, 3.8) is 0 Å². The molecule has 1 rings (SSSR count). The molecule has 1 amide bonds. The summed E-state index contributed by atoms with van der Waals surface area (Å²) in [6.07, 6.45) is 0.527. The molecule has 0 atom stereocenters. The molecule has 82 valence electrons. The van der Waals surface area contributed by atoms with Gasteiger partial charge in [-0.05, 0) is 46.9 Å². The van der Waals surface area contributed by atoms with E-state index < -0.39 is 0 Å². The summed E-state index contributed by atoms with van der Waals surface area (Å²) in [7, 11) is 3.54. The van der Waals surface area contributed by atoms with E-state index in [2.05, 4.69) is 27.9 Å². The van der Waals surface area contributed by atoms with Crippen LogP contribution in [0.5, 0.6) is 0 Å². The SMILES string of the molecule is CN(C)C(=O)CCNc1ccc(I)cc1. The van der Waals surface area contributed by atoms with Crippen LogP contribution in [0.15, 0.2) is 24.3 Å². The first-order valence-electron chi connectivity index (χ1n) is 4.79. The molecule has 0 aliphatic rings. The molecule has 0 spiro atoms. The Balaban J connectivity index is 2.32. The average molecular weight is 318 g/mol. The van der Waals surface area contributed by atoms with Crippen LogP contribution < -0.4 is 5.32 Å². The van der Waals surface area contributed by atoms with Gasteiger partial charge in [0.15, 0.2) is 0 Å². The summed E-state index contributed by atoms with van der Waals surface area (Å²) in [4.78, 5) is 12.9. The molecule has 3 nitrogen and oxygen atoms in total. The summed E-state index contributed by atoms with van der Waals surface area (Å²) in [5.41, 5.74) is 1.06. The van der Waals surface area contributed by atoms with Gasteiger partial charge in [0, 0.05) is 36.3 Å². The van der Waals surface area contributed by atoms with Gasteiger partial charge in [0.05, 0.1) is 0 Å². The number of carbonyl (C=O) groups is 1. The van der Waals surface area contributed by atoms with Crippen LogP contribution in [0.2, 0.25) is 0 Å². The van der Waals surface area contributed by atoms with Gasteiger partial charge in [0.1, 0.15) is 0 Å². The van der Waals surface area contributed by atoms with Gasteiger partial charge in [-0.25, -0.2) is 0 Å². The first kappa shape index (κ1) is 12.3. The highest BCUT2D eigenvalue weighted by Crippen LogP contribution is 2.10. The van der Waals surface area contributed by atoms with Crippen LogP contribution in [0.4, 0.5) is 5.69 Å². The first-order valence-corrected chi connectivity index (χ1v) is 5.87. The van der Waals surface area contributed by atoms with E-state index in [4.69, 9.17) is 0 Å². The Morgan fingerprint density at radius 2 is 1.93 bits per heavy atom. The highest BCUT2D eigenvalue weighted by molar-refractivity contribution is 14.1. The Labute approximate surface area is 104 Å². The molecule has 0 unspecified atom stereocenters. The minimum Gasteiger partial charge on any atom is -0.385 e. The molecule has 0 aromatic heterocycles. The Morgan fingerprint density at radius 3 is 2.47 bits per heavy atom. The van der Waals surface area contributed by atoms with Gasteiger partial charge in [-0.2, -0.15) is 0 Å². The predicted octanol–water partition coefficient (Wildman–Crippen LogP) is 2.18. The van der Waals surface area contributed by atoms with Crippen molar-refractivity contribution in [2.45, 2.75) is 6.42 Å². The first-order chi connectivity index (χ1) is 7.09. The molecule has 0 saturated carbocycles. The lowest BCUT2D eigenvalue weighted by Gasteiger charge is -2.11. The number of hydrogen-bond donors (Lipinski definition) is 1. The zero-order valence-electron chi connectivity index (χ0n) is 8.96. The molecule has 0 fully saturated rings. The smallest absolute Gasteiger partial charge is 0.223 e. The number of amides is 1. The van der Waals surface area contributed by atoms with Crippen molar-refractivity contribution in [2.24, 2.45) is 0 Å². The van der Waals surface area contributed by atoms with E-state index in [9.17, 15) is 4.79 Å². The van der Waals surface area contributed by atoms with E-state index in [1.165, 1.54) is 3.57 Å². The Hall–Kier alpha value is -0.780. The van der Waals surface area contributed by atoms with Gasteiger partial charge in [-0.3, -0.25) is 4.79 Å². The van der Waals surface area contributed by atoms with E-state index in [0.717, 1.165) is 5.69 Å². The molecule has 1 N–H and O–H groups in total. The van der Waals surface area contributed by atoms with Gasteiger partial charge in [-0.1, -0.05) is 0 Å². The van der Waals surface area contributed by atoms with Crippen LogP contribution in [0.1, 0.15) is 6.42 Å². The van der Waals surface area contributed by atoms with Crippen LogP contribution >= 0.6 is 22.6 Å². The number of nitrogens with one attached hydrogen (secondary N) is 1. The van der Waals surface area contributed by atoms with Crippen LogP contribution in [0, 0.1) is 3.57 Å². The Kier molecular flexibility index (Phi) is 4.87. The molecule has 0 radical (unpaired) electrons. The molecule has 0 heterocycles. The lowest BCUT2D eigenvalue weighted by atomic mass is 10.3. The maximum atomic E-state index is 11.3. The monoisotopic (exact) mass is 318 g/mol. The van der Waals surface area contributed by atoms with Crippen molar-refractivity contribution in [3.05, 3.63) is 27.8 Å².